The number of phenolic OH excluding ortho intramolecular Hbond substituents is 1. The average Bonchev–Trinajstić information content (AvgIpc) is 2.26. The first kappa shape index (κ1) is 11.9. The van der Waals surface area contributed by atoms with Crippen molar-refractivity contribution in [1.82, 2.24) is 0 Å². The van der Waals surface area contributed by atoms with Crippen LogP contribution >= 0.6 is 0 Å². The zero-order valence-electron chi connectivity index (χ0n) is 10.4. The van der Waals surface area contributed by atoms with Crippen molar-refractivity contribution in [3.63, 3.8) is 0 Å². The van der Waals surface area contributed by atoms with Gasteiger partial charge < -0.3 is 5.11 Å². The molecule has 0 bridgehead atoms. The van der Waals surface area contributed by atoms with Crippen LogP contribution in [0.2, 0.25) is 0 Å². The van der Waals surface area contributed by atoms with Gasteiger partial charge in [0.25, 0.3) is 0 Å². The summed E-state index contributed by atoms with van der Waals surface area (Å²) in [4.78, 5) is 0. The van der Waals surface area contributed by atoms with Crippen molar-refractivity contribution in [2.45, 2.75) is 27.2 Å². The molecular formula is C15H17FO. The monoisotopic (exact) mass is 232 g/mol. The zero-order valence-corrected chi connectivity index (χ0v) is 10.4. The van der Waals surface area contributed by atoms with Gasteiger partial charge in [0.2, 0.25) is 0 Å². The second kappa shape index (κ2) is 4.36. The fourth-order valence-corrected chi connectivity index (χ4v) is 2.16. The summed E-state index contributed by atoms with van der Waals surface area (Å²) in [7, 11) is 0. The molecule has 0 spiro atoms. The van der Waals surface area contributed by atoms with Gasteiger partial charge in [-0.15, -0.1) is 0 Å². The lowest BCUT2D eigenvalue weighted by atomic mass is 9.94. The molecule has 2 aromatic carbocycles. The van der Waals surface area contributed by atoms with Gasteiger partial charge in [0, 0.05) is 5.39 Å². The number of rotatable bonds is 2. The van der Waals surface area contributed by atoms with E-state index in [0.717, 1.165) is 22.9 Å². The first-order chi connectivity index (χ1) is 7.99. The molecule has 2 heteroatoms. The van der Waals surface area contributed by atoms with Crippen LogP contribution in [0.15, 0.2) is 24.3 Å². The first-order valence-electron chi connectivity index (χ1n) is 5.89. The lowest BCUT2D eigenvalue weighted by Gasteiger charge is -2.13. The Morgan fingerprint density at radius 2 is 1.94 bits per heavy atom. The standard InChI is InChI=1S/C15H17FO/c1-9(2)6-12-7-11-4-5-13(16)8-14(11)15(17)10(12)3/h4-5,7-9,17H,6H2,1-3H3. The summed E-state index contributed by atoms with van der Waals surface area (Å²) in [6.45, 7) is 6.17. The molecule has 0 unspecified atom stereocenters. The smallest absolute Gasteiger partial charge is 0.126 e. The van der Waals surface area contributed by atoms with E-state index in [1.165, 1.54) is 12.1 Å². The highest BCUT2D eigenvalue weighted by molar-refractivity contribution is 5.90. The Labute approximate surface area is 101 Å². The summed E-state index contributed by atoms with van der Waals surface area (Å²) in [5, 5.41) is 11.6. The van der Waals surface area contributed by atoms with E-state index in [9.17, 15) is 9.50 Å². The number of fused-ring (bicyclic) bond motifs is 1. The predicted molar refractivity (Wildman–Crippen MR) is 68.8 cm³/mol. The molecule has 0 radical (unpaired) electrons. The van der Waals surface area contributed by atoms with E-state index in [1.54, 1.807) is 6.07 Å². The van der Waals surface area contributed by atoms with Crippen LogP contribution in [0.4, 0.5) is 4.39 Å². The Hall–Kier alpha value is -1.57. The zero-order chi connectivity index (χ0) is 12.6. The van der Waals surface area contributed by atoms with E-state index in [1.807, 2.05) is 13.0 Å². The third-order valence-electron chi connectivity index (χ3n) is 3.07. The molecule has 0 aliphatic carbocycles. The van der Waals surface area contributed by atoms with Crippen molar-refractivity contribution in [2.24, 2.45) is 5.92 Å². The molecule has 17 heavy (non-hydrogen) atoms. The Morgan fingerprint density at radius 1 is 1.24 bits per heavy atom. The SMILES string of the molecule is Cc1c(CC(C)C)cc2ccc(F)cc2c1O. The maximum absolute atomic E-state index is 13.1. The molecule has 2 rings (SSSR count). The normalized spacial score (nSPS) is 11.4. The van der Waals surface area contributed by atoms with Crippen LogP contribution in [0.25, 0.3) is 10.8 Å². The molecule has 0 saturated carbocycles. The molecule has 90 valence electrons. The molecule has 1 nitrogen and oxygen atoms in total. The summed E-state index contributed by atoms with van der Waals surface area (Å²) in [5.41, 5.74) is 1.99. The second-order valence-electron chi connectivity index (χ2n) is 4.97. The highest BCUT2D eigenvalue weighted by atomic mass is 19.1. The number of aromatic hydroxyl groups is 1. The minimum absolute atomic E-state index is 0.206. The maximum atomic E-state index is 13.1. The molecule has 0 amide bonds. The minimum Gasteiger partial charge on any atom is -0.507 e. The average molecular weight is 232 g/mol. The van der Waals surface area contributed by atoms with Gasteiger partial charge in [-0.05, 0) is 47.9 Å². The van der Waals surface area contributed by atoms with Gasteiger partial charge in [0.1, 0.15) is 11.6 Å². The molecule has 0 saturated heterocycles. The second-order valence-corrected chi connectivity index (χ2v) is 4.97. The van der Waals surface area contributed by atoms with E-state index in [-0.39, 0.29) is 11.6 Å². The number of halogens is 1. The van der Waals surface area contributed by atoms with E-state index < -0.39 is 0 Å². The molecular weight excluding hydrogens is 215 g/mol. The summed E-state index contributed by atoms with van der Waals surface area (Å²) in [5.74, 6) is 0.424. The molecule has 0 fully saturated rings. The highest BCUT2D eigenvalue weighted by Crippen LogP contribution is 2.32. The first-order valence-corrected chi connectivity index (χ1v) is 5.89. The predicted octanol–water partition coefficient (Wildman–Crippen LogP) is 4.19. The van der Waals surface area contributed by atoms with Crippen LogP contribution in [0.5, 0.6) is 5.75 Å². The third kappa shape index (κ3) is 2.26. The van der Waals surface area contributed by atoms with Crippen molar-refractivity contribution in [2.75, 3.05) is 0 Å². The van der Waals surface area contributed by atoms with Crippen molar-refractivity contribution in [3.05, 3.63) is 41.2 Å². The Bertz CT molecular complexity index is 558. The van der Waals surface area contributed by atoms with E-state index in [0.29, 0.717) is 11.3 Å². The molecule has 2 aromatic rings. The van der Waals surface area contributed by atoms with Crippen molar-refractivity contribution < 1.29 is 9.50 Å². The topological polar surface area (TPSA) is 20.2 Å². The number of phenols is 1. The molecule has 0 aliphatic heterocycles. The fourth-order valence-electron chi connectivity index (χ4n) is 2.16. The number of hydrogen-bond acceptors (Lipinski definition) is 1. The highest BCUT2D eigenvalue weighted by Gasteiger charge is 2.10. The van der Waals surface area contributed by atoms with Crippen LogP contribution in [0, 0.1) is 18.7 Å². The number of benzene rings is 2. The van der Waals surface area contributed by atoms with Gasteiger partial charge in [0.05, 0.1) is 0 Å². The van der Waals surface area contributed by atoms with Crippen LogP contribution in [0.1, 0.15) is 25.0 Å². The summed E-state index contributed by atoms with van der Waals surface area (Å²) >= 11 is 0. The Kier molecular flexibility index (Phi) is 3.05. The molecule has 0 aliphatic rings. The van der Waals surface area contributed by atoms with Gasteiger partial charge in [-0.25, -0.2) is 4.39 Å². The lowest BCUT2D eigenvalue weighted by molar-refractivity contribution is 0.475. The molecule has 0 heterocycles. The van der Waals surface area contributed by atoms with Crippen LogP contribution in [-0.2, 0) is 6.42 Å². The van der Waals surface area contributed by atoms with Gasteiger partial charge in [-0.3, -0.25) is 0 Å². The van der Waals surface area contributed by atoms with Crippen molar-refractivity contribution in [3.8, 4) is 5.75 Å². The van der Waals surface area contributed by atoms with Gasteiger partial charge in [-0.2, -0.15) is 0 Å². The minimum atomic E-state index is -0.316. The van der Waals surface area contributed by atoms with Crippen LogP contribution in [-0.4, -0.2) is 5.11 Å². The van der Waals surface area contributed by atoms with E-state index in [2.05, 4.69) is 13.8 Å². The third-order valence-corrected chi connectivity index (χ3v) is 3.07. The van der Waals surface area contributed by atoms with Crippen LogP contribution in [0.3, 0.4) is 0 Å². The van der Waals surface area contributed by atoms with Gasteiger partial charge in [-0.1, -0.05) is 26.0 Å². The summed E-state index contributed by atoms with van der Waals surface area (Å²) in [6.07, 6.45) is 0.923. The molecule has 0 aromatic heterocycles. The van der Waals surface area contributed by atoms with Crippen molar-refractivity contribution >= 4 is 10.8 Å². The van der Waals surface area contributed by atoms with Crippen molar-refractivity contribution in [1.29, 1.82) is 0 Å². The summed E-state index contributed by atoms with van der Waals surface area (Å²) < 4.78 is 13.1. The van der Waals surface area contributed by atoms with Gasteiger partial charge >= 0.3 is 0 Å². The van der Waals surface area contributed by atoms with E-state index >= 15 is 0 Å². The maximum Gasteiger partial charge on any atom is 0.126 e. The Balaban J connectivity index is 2.66. The molecule has 1 N–H and O–H groups in total. The number of hydrogen-bond donors (Lipinski definition) is 1. The largest absolute Gasteiger partial charge is 0.507 e. The lowest BCUT2D eigenvalue weighted by Crippen LogP contribution is -1.97. The summed E-state index contributed by atoms with van der Waals surface area (Å²) in [6, 6.07) is 6.57. The van der Waals surface area contributed by atoms with E-state index in [4.69, 9.17) is 0 Å². The Morgan fingerprint density at radius 3 is 2.59 bits per heavy atom. The molecule has 0 atom stereocenters. The quantitative estimate of drug-likeness (QED) is 0.823. The van der Waals surface area contributed by atoms with Gasteiger partial charge in [0.15, 0.2) is 0 Å². The fraction of sp³-hybridized carbons (Fsp3) is 0.333. The van der Waals surface area contributed by atoms with Crippen LogP contribution < -0.4 is 0 Å².